The second-order valence-electron chi connectivity index (χ2n) is 3.73. The Morgan fingerprint density at radius 1 is 1.06 bits per heavy atom. The molecule has 0 heterocycles. The number of unbranched alkanes of at least 4 members (excludes halogenated alkanes) is 2. The lowest BCUT2D eigenvalue weighted by Crippen LogP contribution is -2.36. The number of hydrogen-bond donors (Lipinski definition) is 3. The van der Waals surface area contributed by atoms with E-state index in [1.54, 1.807) is 11.8 Å². The molecule has 17 heavy (non-hydrogen) atoms. The molecule has 0 aromatic rings. The van der Waals surface area contributed by atoms with Crippen molar-refractivity contribution in [1.29, 1.82) is 0 Å². The van der Waals surface area contributed by atoms with Crippen LogP contribution in [0.3, 0.4) is 0 Å². The van der Waals surface area contributed by atoms with Crippen molar-refractivity contribution in [3.05, 3.63) is 0 Å². The molecule has 6 heteroatoms. The third kappa shape index (κ3) is 13.0. The van der Waals surface area contributed by atoms with Crippen LogP contribution >= 0.6 is 11.8 Å². The van der Waals surface area contributed by atoms with Crippen molar-refractivity contribution in [1.82, 2.24) is 10.6 Å². The van der Waals surface area contributed by atoms with Crippen molar-refractivity contribution in [3.63, 3.8) is 0 Å². The van der Waals surface area contributed by atoms with Crippen LogP contribution < -0.4 is 10.6 Å². The minimum atomic E-state index is -0.789. The molecule has 0 atom stereocenters. The maximum absolute atomic E-state index is 11.2. The summed E-state index contributed by atoms with van der Waals surface area (Å²) in [6.45, 7) is 1.23. The highest BCUT2D eigenvalue weighted by atomic mass is 32.2. The Balaban J connectivity index is 3.20. The molecule has 0 saturated heterocycles. The van der Waals surface area contributed by atoms with Crippen LogP contribution in [0.1, 0.15) is 32.1 Å². The van der Waals surface area contributed by atoms with E-state index in [0.717, 1.165) is 18.6 Å². The van der Waals surface area contributed by atoms with Crippen LogP contribution in [0.25, 0.3) is 0 Å². The van der Waals surface area contributed by atoms with Gasteiger partial charge in [0.1, 0.15) is 0 Å². The first kappa shape index (κ1) is 16.1. The molecule has 3 N–H and O–H groups in total. The highest BCUT2D eigenvalue weighted by Crippen LogP contribution is 1.97. The predicted octanol–water partition coefficient (Wildman–Crippen LogP) is 1.68. The highest BCUT2D eigenvalue weighted by Gasteiger charge is 1.99. The van der Waals surface area contributed by atoms with Crippen LogP contribution in [0, 0.1) is 0 Å². The quantitative estimate of drug-likeness (QED) is 0.523. The van der Waals surface area contributed by atoms with Gasteiger partial charge in [0.2, 0.25) is 0 Å². The zero-order valence-electron chi connectivity index (χ0n) is 10.3. The van der Waals surface area contributed by atoms with E-state index in [9.17, 15) is 9.59 Å². The molecular weight excluding hydrogens is 240 g/mol. The number of nitrogens with one attached hydrogen (secondary N) is 2. The molecule has 0 aromatic heterocycles. The van der Waals surface area contributed by atoms with Gasteiger partial charge in [0.15, 0.2) is 0 Å². The molecule has 0 aliphatic heterocycles. The summed E-state index contributed by atoms with van der Waals surface area (Å²) in [6.07, 6.45) is 5.64. The second-order valence-corrected chi connectivity index (χ2v) is 4.72. The minimum Gasteiger partial charge on any atom is -0.481 e. The lowest BCUT2D eigenvalue weighted by atomic mass is 10.2. The molecule has 0 aliphatic rings. The molecule has 0 aliphatic carbocycles. The first-order chi connectivity index (χ1) is 8.16. The summed E-state index contributed by atoms with van der Waals surface area (Å²) in [4.78, 5) is 21.5. The van der Waals surface area contributed by atoms with E-state index >= 15 is 0 Å². The van der Waals surface area contributed by atoms with Gasteiger partial charge in [-0.1, -0.05) is 0 Å². The zero-order chi connectivity index (χ0) is 12.9. The number of amides is 2. The summed E-state index contributed by atoms with van der Waals surface area (Å²) in [6, 6.07) is -0.163. The van der Waals surface area contributed by atoms with E-state index in [4.69, 9.17) is 5.11 Å². The molecule has 0 spiro atoms. The Bertz CT molecular complexity index is 225. The number of thioether (sulfide) groups is 1. The van der Waals surface area contributed by atoms with Gasteiger partial charge < -0.3 is 15.7 Å². The smallest absolute Gasteiger partial charge is 0.314 e. The molecule has 0 fully saturated rings. The second kappa shape index (κ2) is 11.6. The van der Waals surface area contributed by atoms with E-state index in [1.165, 1.54) is 0 Å². The van der Waals surface area contributed by atoms with Crippen molar-refractivity contribution >= 4 is 23.8 Å². The Kier molecular flexibility index (Phi) is 11.0. The number of carbonyl (C=O) groups is 2. The number of carboxylic acids is 1. The summed E-state index contributed by atoms with van der Waals surface area (Å²) in [5.41, 5.74) is 0. The van der Waals surface area contributed by atoms with Gasteiger partial charge in [-0.2, -0.15) is 11.8 Å². The van der Waals surface area contributed by atoms with Gasteiger partial charge in [0, 0.05) is 19.5 Å². The summed E-state index contributed by atoms with van der Waals surface area (Å²) in [7, 11) is 0. The normalized spacial score (nSPS) is 9.94. The number of carbonyl (C=O) groups excluding carboxylic acids is 1. The number of aliphatic carboxylic acids is 1. The van der Waals surface area contributed by atoms with E-state index in [-0.39, 0.29) is 12.5 Å². The standard InChI is InChI=1S/C11H22N2O3S/c1-17-9-5-4-8-13-11(16)12-7-3-2-6-10(14)15/h2-9H2,1H3,(H,14,15)(H2,12,13,16). The highest BCUT2D eigenvalue weighted by molar-refractivity contribution is 7.98. The monoisotopic (exact) mass is 262 g/mol. The average Bonchev–Trinajstić information content (AvgIpc) is 2.28. The predicted molar refractivity (Wildman–Crippen MR) is 70.5 cm³/mol. The summed E-state index contributed by atoms with van der Waals surface area (Å²) >= 11 is 1.81. The lowest BCUT2D eigenvalue weighted by molar-refractivity contribution is -0.137. The zero-order valence-corrected chi connectivity index (χ0v) is 11.1. The number of urea groups is 1. The van der Waals surface area contributed by atoms with Crippen LogP contribution in [0.4, 0.5) is 4.79 Å². The summed E-state index contributed by atoms with van der Waals surface area (Å²) in [5, 5.41) is 13.9. The fourth-order valence-corrected chi connectivity index (χ4v) is 1.73. The molecule has 0 unspecified atom stereocenters. The van der Waals surface area contributed by atoms with E-state index in [2.05, 4.69) is 16.9 Å². The summed E-state index contributed by atoms with van der Waals surface area (Å²) in [5.74, 6) is 0.335. The van der Waals surface area contributed by atoms with Gasteiger partial charge in [-0.25, -0.2) is 4.79 Å². The molecule has 0 rings (SSSR count). The molecule has 0 radical (unpaired) electrons. The van der Waals surface area contributed by atoms with Crippen LogP contribution in [0.5, 0.6) is 0 Å². The van der Waals surface area contributed by atoms with Crippen molar-refractivity contribution in [2.45, 2.75) is 32.1 Å². The Morgan fingerprint density at radius 2 is 1.65 bits per heavy atom. The maximum Gasteiger partial charge on any atom is 0.314 e. The largest absolute Gasteiger partial charge is 0.481 e. The molecule has 0 saturated carbocycles. The number of carboxylic acid groups (broad SMARTS) is 1. The van der Waals surface area contributed by atoms with Crippen molar-refractivity contribution in [2.75, 3.05) is 25.1 Å². The van der Waals surface area contributed by atoms with Crippen LogP contribution in [0.2, 0.25) is 0 Å². The van der Waals surface area contributed by atoms with E-state index in [0.29, 0.717) is 25.9 Å². The van der Waals surface area contributed by atoms with Gasteiger partial charge in [-0.05, 0) is 37.7 Å². The molecule has 0 aromatic carbocycles. The molecule has 100 valence electrons. The number of rotatable bonds is 10. The third-order valence-corrected chi connectivity index (χ3v) is 2.86. The Labute approximate surface area is 107 Å². The van der Waals surface area contributed by atoms with Crippen LogP contribution in [-0.2, 0) is 4.79 Å². The van der Waals surface area contributed by atoms with Crippen LogP contribution in [0.15, 0.2) is 0 Å². The van der Waals surface area contributed by atoms with Crippen molar-refractivity contribution in [3.8, 4) is 0 Å². The minimum absolute atomic E-state index is 0.163. The Hall–Kier alpha value is -0.910. The SMILES string of the molecule is CSCCCCNC(=O)NCCCCC(=O)O. The van der Waals surface area contributed by atoms with E-state index in [1.807, 2.05) is 0 Å². The molecule has 2 amide bonds. The van der Waals surface area contributed by atoms with E-state index < -0.39 is 5.97 Å². The van der Waals surface area contributed by atoms with Crippen molar-refractivity contribution in [2.24, 2.45) is 0 Å². The first-order valence-corrected chi connectivity index (χ1v) is 7.28. The summed E-state index contributed by atoms with van der Waals surface area (Å²) < 4.78 is 0. The van der Waals surface area contributed by atoms with Crippen LogP contribution in [-0.4, -0.2) is 42.2 Å². The van der Waals surface area contributed by atoms with Gasteiger partial charge in [-0.15, -0.1) is 0 Å². The fourth-order valence-electron chi connectivity index (χ4n) is 1.24. The lowest BCUT2D eigenvalue weighted by Gasteiger charge is -2.06. The van der Waals surface area contributed by atoms with Gasteiger partial charge in [0.25, 0.3) is 0 Å². The van der Waals surface area contributed by atoms with Gasteiger partial charge in [0.05, 0.1) is 0 Å². The fraction of sp³-hybridized carbons (Fsp3) is 0.818. The van der Waals surface area contributed by atoms with Gasteiger partial charge >= 0.3 is 12.0 Å². The molecule has 5 nitrogen and oxygen atoms in total. The maximum atomic E-state index is 11.2. The molecular formula is C11H22N2O3S. The topological polar surface area (TPSA) is 78.4 Å². The molecule has 0 bridgehead atoms. The number of hydrogen-bond acceptors (Lipinski definition) is 3. The third-order valence-electron chi connectivity index (χ3n) is 2.16. The first-order valence-electron chi connectivity index (χ1n) is 5.89. The Morgan fingerprint density at radius 3 is 2.18 bits per heavy atom. The average molecular weight is 262 g/mol. The van der Waals surface area contributed by atoms with Gasteiger partial charge in [-0.3, -0.25) is 4.79 Å². The van der Waals surface area contributed by atoms with Crippen molar-refractivity contribution < 1.29 is 14.7 Å².